The van der Waals surface area contributed by atoms with Gasteiger partial charge in [0.1, 0.15) is 11.0 Å². The molecule has 0 bridgehead atoms. The third-order valence-electron chi connectivity index (χ3n) is 2.72. The Morgan fingerprint density at radius 1 is 1.42 bits per heavy atom. The molecule has 0 saturated carbocycles. The van der Waals surface area contributed by atoms with Crippen LogP contribution in [0.15, 0.2) is 34.7 Å². The predicted octanol–water partition coefficient (Wildman–Crippen LogP) is 3.62. The van der Waals surface area contributed by atoms with Gasteiger partial charge in [-0.15, -0.1) is 0 Å². The summed E-state index contributed by atoms with van der Waals surface area (Å²) >= 11 is 0. The number of hydrogen-bond acceptors (Lipinski definition) is 2. The van der Waals surface area contributed by atoms with E-state index in [9.17, 15) is 4.21 Å². The molecular weight excluding hydrogens is 256 g/mol. The lowest BCUT2D eigenvalue weighted by Crippen LogP contribution is -1.93. The minimum absolute atomic E-state index is 0.622. The zero-order valence-electron chi connectivity index (χ0n) is 11.4. The summed E-state index contributed by atoms with van der Waals surface area (Å²) in [5.41, 5.74) is 2.88. The third kappa shape index (κ3) is 5.30. The molecule has 0 fully saturated rings. The molecule has 0 amide bonds. The molecule has 1 aromatic rings. The van der Waals surface area contributed by atoms with Crippen LogP contribution < -0.4 is 0 Å². The topological polar surface area (TPSA) is 53.3 Å². The van der Waals surface area contributed by atoms with Crippen molar-refractivity contribution in [3.05, 3.63) is 41.5 Å². The van der Waals surface area contributed by atoms with Crippen molar-refractivity contribution < 1.29 is 4.21 Å². The Hall–Kier alpha value is -1.55. The first-order valence-corrected chi connectivity index (χ1v) is 7.66. The molecule has 4 heteroatoms. The fourth-order valence-corrected chi connectivity index (χ4v) is 2.44. The standard InChI is InChI=1S/C15H20N2OS/c1-3-4-11-19(18)17-10-9-13(2)15-8-6-5-7-14(15)12-16/h5-10,12,16H,3-4,11H2,1-2H3. The highest BCUT2D eigenvalue weighted by Crippen LogP contribution is 2.16. The maximum absolute atomic E-state index is 11.5. The Bertz CT molecular complexity index is 507. The fraction of sp³-hybridized carbons (Fsp3) is 0.333. The van der Waals surface area contributed by atoms with Crippen molar-refractivity contribution in [3.63, 3.8) is 0 Å². The number of allylic oxidation sites excluding steroid dienone is 2. The van der Waals surface area contributed by atoms with Crippen molar-refractivity contribution in [2.75, 3.05) is 5.75 Å². The predicted molar refractivity (Wildman–Crippen MR) is 84.4 cm³/mol. The van der Waals surface area contributed by atoms with Gasteiger partial charge in [0.2, 0.25) is 0 Å². The van der Waals surface area contributed by atoms with Crippen molar-refractivity contribution in [1.29, 1.82) is 5.41 Å². The molecule has 0 aliphatic heterocycles. The van der Waals surface area contributed by atoms with Crippen LogP contribution >= 0.6 is 0 Å². The SMILES string of the molecule is CCCCS(=O)N=CC=C(C)c1ccccc1C=N. The van der Waals surface area contributed by atoms with E-state index in [1.54, 1.807) is 6.21 Å². The van der Waals surface area contributed by atoms with Gasteiger partial charge in [-0.1, -0.05) is 37.6 Å². The van der Waals surface area contributed by atoms with Crippen LogP contribution in [0.4, 0.5) is 0 Å². The number of nitrogens with one attached hydrogen (secondary N) is 1. The summed E-state index contributed by atoms with van der Waals surface area (Å²) < 4.78 is 15.5. The largest absolute Gasteiger partial charge is 0.308 e. The Labute approximate surface area is 117 Å². The van der Waals surface area contributed by atoms with E-state index in [-0.39, 0.29) is 0 Å². The molecule has 0 aliphatic rings. The van der Waals surface area contributed by atoms with Gasteiger partial charge in [0.25, 0.3) is 0 Å². The summed E-state index contributed by atoms with van der Waals surface area (Å²) in [7, 11) is -1.12. The number of benzene rings is 1. The van der Waals surface area contributed by atoms with E-state index < -0.39 is 11.0 Å². The smallest absolute Gasteiger partial charge is 0.139 e. The first-order chi connectivity index (χ1) is 9.19. The highest BCUT2D eigenvalue weighted by atomic mass is 32.2. The van der Waals surface area contributed by atoms with E-state index in [0.29, 0.717) is 5.75 Å². The summed E-state index contributed by atoms with van der Waals surface area (Å²) in [5, 5.41) is 7.36. The van der Waals surface area contributed by atoms with E-state index in [1.807, 2.05) is 37.3 Å². The van der Waals surface area contributed by atoms with E-state index in [0.717, 1.165) is 29.5 Å². The Morgan fingerprint density at radius 3 is 2.84 bits per heavy atom. The van der Waals surface area contributed by atoms with E-state index in [4.69, 9.17) is 5.41 Å². The van der Waals surface area contributed by atoms with Crippen LogP contribution in [-0.2, 0) is 11.0 Å². The van der Waals surface area contributed by atoms with Gasteiger partial charge >= 0.3 is 0 Å². The fourth-order valence-electron chi connectivity index (χ4n) is 1.60. The highest BCUT2D eigenvalue weighted by Gasteiger charge is 2.00. The lowest BCUT2D eigenvalue weighted by molar-refractivity contribution is 0.681. The summed E-state index contributed by atoms with van der Waals surface area (Å²) in [6.45, 7) is 4.03. The molecule has 0 spiro atoms. The number of unbranched alkanes of at least 4 members (excludes halogenated alkanes) is 1. The van der Waals surface area contributed by atoms with Crippen LogP contribution in [0.1, 0.15) is 37.8 Å². The van der Waals surface area contributed by atoms with Gasteiger partial charge < -0.3 is 5.41 Å². The summed E-state index contributed by atoms with van der Waals surface area (Å²) in [6, 6.07) is 7.71. The van der Waals surface area contributed by atoms with Crippen molar-refractivity contribution in [2.45, 2.75) is 26.7 Å². The second-order valence-electron chi connectivity index (χ2n) is 4.21. The molecule has 0 radical (unpaired) electrons. The maximum atomic E-state index is 11.5. The van der Waals surface area contributed by atoms with E-state index >= 15 is 0 Å². The maximum Gasteiger partial charge on any atom is 0.139 e. The molecule has 1 rings (SSSR count). The Morgan fingerprint density at radius 2 is 2.16 bits per heavy atom. The average molecular weight is 276 g/mol. The molecule has 1 unspecified atom stereocenters. The van der Waals surface area contributed by atoms with Crippen LogP contribution in [0.3, 0.4) is 0 Å². The minimum atomic E-state index is -1.12. The van der Waals surface area contributed by atoms with Crippen molar-refractivity contribution in [3.8, 4) is 0 Å². The van der Waals surface area contributed by atoms with Crippen LogP contribution in [0, 0.1) is 5.41 Å². The second-order valence-corrected chi connectivity index (χ2v) is 5.48. The molecule has 19 heavy (non-hydrogen) atoms. The monoisotopic (exact) mass is 276 g/mol. The van der Waals surface area contributed by atoms with Crippen LogP contribution in [0.5, 0.6) is 0 Å². The quantitative estimate of drug-likeness (QED) is 0.760. The van der Waals surface area contributed by atoms with Gasteiger partial charge in [0.15, 0.2) is 0 Å². The van der Waals surface area contributed by atoms with Gasteiger partial charge in [0.05, 0.1) is 0 Å². The molecule has 0 heterocycles. The summed E-state index contributed by atoms with van der Waals surface area (Å²) in [5.74, 6) is 0.622. The third-order valence-corrected chi connectivity index (χ3v) is 3.71. The first-order valence-electron chi connectivity index (χ1n) is 6.38. The summed E-state index contributed by atoms with van der Waals surface area (Å²) in [4.78, 5) is 0. The normalized spacial score (nSPS) is 13.7. The van der Waals surface area contributed by atoms with Gasteiger partial charge in [-0.05, 0) is 36.1 Å². The Kier molecular flexibility index (Phi) is 6.97. The average Bonchev–Trinajstić information content (AvgIpc) is 2.44. The first kappa shape index (κ1) is 15.5. The van der Waals surface area contributed by atoms with Gasteiger partial charge in [-0.25, -0.2) is 4.21 Å². The van der Waals surface area contributed by atoms with E-state index in [2.05, 4.69) is 11.3 Å². The van der Waals surface area contributed by atoms with Crippen molar-refractivity contribution in [1.82, 2.24) is 0 Å². The second kappa shape index (κ2) is 8.53. The zero-order valence-corrected chi connectivity index (χ0v) is 12.2. The van der Waals surface area contributed by atoms with E-state index in [1.165, 1.54) is 6.21 Å². The molecule has 1 aromatic carbocycles. The number of rotatable bonds is 7. The molecule has 102 valence electrons. The van der Waals surface area contributed by atoms with Crippen LogP contribution in [0.2, 0.25) is 0 Å². The van der Waals surface area contributed by atoms with Crippen molar-refractivity contribution >= 4 is 29.0 Å². The molecule has 0 aromatic heterocycles. The lowest BCUT2D eigenvalue weighted by atomic mass is 10.0. The minimum Gasteiger partial charge on any atom is -0.308 e. The summed E-state index contributed by atoms with van der Waals surface area (Å²) in [6.07, 6.45) is 6.74. The Balaban J connectivity index is 2.74. The van der Waals surface area contributed by atoms with Gasteiger partial charge in [0, 0.05) is 18.2 Å². The molecule has 0 saturated heterocycles. The van der Waals surface area contributed by atoms with Crippen LogP contribution in [-0.4, -0.2) is 22.4 Å². The molecule has 1 atom stereocenters. The van der Waals surface area contributed by atoms with Crippen LogP contribution in [0.25, 0.3) is 5.57 Å². The lowest BCUT2D eigenvalue weighted by Gasteiger charge is -2.04. The number of hydrogen-bond donors (Lipinski definition) is 1. The van der Waals surface area contributed by atoms with Gasteiger partial charge in [-0.2, -0.15) is 4.40 Å². The van der Waals surface area contributed by atoms with Crippen molar-refractivity contribution in [2.24, 2.45) is 4.40 Å². The zero-order chi connectivity index (χ0) is 14.1. The molecule has 1 N–H and O–H groups in total. The van der Waals surface area contributed by atoms with Gasteiger partial charge in [-0.3, -0.25) is 0 Å². The highest BCUT2D eigenvalue weighted by molar-refractivity contribution is 7.83. The molecular formula is C15H20N2OS. The molecule has 0 aliphatic carbocycles. The molecule has 3 nitrogen and oxygen atoms in total. The number of nitrogens with zero attached hydrogens (tertiary/aromatic N) is 1.